The van der Waals surface area contributed by atoms with E-state index in [1.165, 1.54) is 22.2 Å². The molecule has 28 heavy (non-hydrogen) atoms. The summed E-state index contributed by atoms with van der Waals surface area (Å²) in [5, 5.41) is 14.5. The quantitative estimate of drug-likeness (QED) is 0.516. The Morgan fingerprint density at radius 3 is 2.64 bits per heavy atom. The molecular weight excluding hydrogens is 388 g/mol. The van der Waals surface area contributed by atoms with Crippen LogP contribution < -0.4 is 5.32 Å². The first-order chi connectivity index (χ1) is 13.5. The maximum atomic E-state index is 12.6. The van der Waals surface area contributed by atoms with E-state index in [2.05, 4.69) is 57.5 Å². The lowest BCUT2D eigenvalue weighted by atomic mass is 10.0. The monoisotopic (exact) mass is 414 g/mol. The zero-order chi connectivity index (χ0) is 19.9. The van der Waals surface area contributed by atoms with Crippen molar-refractivity contribution in [2.75, 3.05) is 5.75 Å². The summed E-state index contributed by atoms with van der Waals surface area (Å²) in [6.07, 6.45) is 0.931. The van der Waals surface area contributed by atoms with E-state index in [0.717, 1.165) is 17.4 Å². The molecule has 3 rings (SSSR count). The van der Waals surface area contributed by atoms with Gasteiger partial charge in [-0.1, -0.05) is 62.0 Å². The van der Waals surface area contributed by atoms with E-state index in [-0.39, 0.29) is 11.9 Å². The summed E-state index contributed by atoms with van der Waals surface area (Å²) in [7, 11) is 0. The largest absolute Gasteiger partial charge is 0.348 e. The highest BCUT2D eigenvalue weighted by atomic mass is 32.2. The third-order valence-corrected chi connectivity index (χ3v) is 6.30. The number of rotatable bonds is 9. The SMILES string of the molecule is Cc1nnc(SCC(=O)NC(CC(C)C)c2cccs2)n1Cc1ccccc1. The molecule has 1 atom stereocenters. The fourth-order valence-electron chi connectivity index (χ4n) is 2.99. The number of thioether (sulfide) groups is 1. The van der Waals surface area contributed by atoms with Gasteiger partial charge in [0.2, 0.25) is 5.91 Å². The van der Waals surface area contributed by atoms with Crippen molar-refractivity contribution in [3.63, 3.8) is 0 Å². The van der Waals surface area contributed by atoms with Crippen molar-refractivity contribution in [3.8, 4) is 0 Å². The topological polar surface area (TPSA) is 59.8 Å². The number of hydrogen-bond acceptors (Lipinski definition) is 5. The van der Waals surface area contributed by atoms with Crippen molar-refractivity contribution in [2.24, 2.45) is 5.92 Å². The maximum Gasteiger partial charge on any atom is 0.230 e. The Labute approximate surface area is 174 Å². The Bertz CT molecular complexity index is 875. The van der Waals surface area contributed by atoms with Crippen molar-refractivity contribution >= 4 is 29.0 Å². The fourth-order valence-corrected chi connectivity index (χ4v) is 4.57. The number of hydrogen-bond donors (Lipinski definition) is 1. The van der Waals surface area contributed by atoms with Crippen molar-refractivity contribution in [2.45, 2.75) is 44.9 Å². The van der Waals surface area contributed by atoms with E-state index in [9.17, 15) is 4.79 Å². The molecule has 0 aliphatic carbocycles. The van der Waals surface area contributed by atoms with E-state index in [4.69, 9.17) is 0 Å². The van der Waals surface area contributed by atoms with Crippen LogP contribution in [0.2, 0.25) is 0 Å². The Balaban J connectivity index is 1.61. The van der Waals surface area contributed by atoms with Gasteiger partial charge in [-0.15, -0.1) is 21.5 Å². The van der Waals surface area contributed by atoms with Crippen LogP contribution in [-0.2, 0) is 11.3 Å². The highest BCUT2D eigenvalue weighted by Crippen LogP contribution is 2.26. The van der Waals surface area contributed by atoms with Gasteiger partial charge in [0.15, 0.2) is 5.16 Å². The van der Waals surface area contributed by atoms with Gasteiger partial charge in [-0.2, -0.15) is 0 Å². The minimum Gasteiger partial charge on any atom is -0.348 e. The van der Waals surface area contributed by atoms with E-state index in [1.807, 2.05) is 31.2 Å². The smallest absolute Gasteiger partial charge is 0.230 e. The van der Waals surface area contributed by atoms with Crippen LogP contribution in [0.25, 0.3) is 0 Å². The number of aryl methyl sites for hydroxylation is 1. The predicted molar refractivity (Wildman–Crippen MR) is 116 cm³/mol. The summed E-state index contributed by atoms with van der Waals surface area (Å²) in [4.78, 5) is 13.8. The van der Waals surface area contributed by atoms with Gasteiger partial charge in [0.05, 0.1) is 18.3 Å². The summed E-state index contributed by atoms with van der Waals surface area (Å²) in [5.41, 5.74) is 1.19. The second-order valence-corrected chi connectivity index (χ2v) is 9.08. The second-order valence-electron chi connectivity index (χ2n) is 7.16. The molecule has 0 radical (unpaired) electrons. The zero-order valence-electron chi connectivity index (χ0n) is 16.5. The van der Waals surface area contributed by atoms with Gasteiger partial charge in [-0.25, -0.2) is 0 Å². The lowest BCUT2D eigenvalue weighted by Gasteiger charge is -2.19. The van der Waals surface area contributed by atoms with E-state index < -0.39 is 0 Å². The van der Waals surface area contributed by atoms with Gasteiger partial charge in [0, 0.05) is 4.88 Å². The molecule has 148 valence electrons. The Morgan fingerprint density at radius 2 is 1.96 bits per heavy atom. The molecule has 0 saturated heterocycles. The number of carbonyl (C=O) groups excluding carboxylic acids is 1. The fraction of sp³-hybridized carbons (Fsp3) is 0.381. The minimum absolute atomic E-state index is 0.0240. The van der Waals surface area contributed by atoms with Crippen LogP contribution in [0.3, 0.4) is 0 Å². The van der Waals surface area contributed by atoms with Crippen molar-refractivity contribution in [1.82, 2.24) is 20.1 Å². The molecule has 3 aromatic rings. The number of aromatic nitrogens is 3. The number of thiophene rings is 1. The molecular formula is C21H26N4OS2. The Hall–Kier alpha value is -2.12. The molecule has 2 aromatic heterocycles. The Morgan fingerprint density at radius 1 is 1.18 bits per heavy atom. The van der Waals surface area contributed by atoms with Crippen LogP contribution in [0.1, 0.15) is 42.6 Å². The normalized spacial score (nSPS) is 12.3. The molecule has 1 aromatic carbocycles. The average Bonchev–Trinajstić information content (AvgIpc) is 3.31. The first-order valence-corrected chi connectivity index (χ1v) is 11.3. The molecule has 2 heterocycles. The van der Waals surface area contributed by atoms with E-state index in [1.54, 1.807) is 11.3 Å². The molecule has 0 bridgehead atoms. The second kappa shape index (κ2) is 9.89. The predicted octanol–water partition coefficient (Wildman–Crippen LogP) is 4.69. The van der Waals surface area contributed by atoms with Gasteiger partial charge >= 0.3 is 0 Å². The molecule has 7 heteroatoms. The number of nitrogens with zero attached hydrogens (tertiary/aromatic N) is 3. The first-order valence-electron chi connectivity index (χ1n) is 9.42. The molecule has 1 unspecified atom stereocenters. The van der Waals surface area contributed by atoms with Crippen LogP contribution in [0, 0.1) is 12.8 Å². The molecule has 5 nitrogen and oxygen atoms in total. The Kier molecular flexibility index (Phi) is 7.28. The van der Waals surface area contributed by atoms with E-state index >= 15 is 0 Å². The number of benzene rings is 1. The molecule has 1 amide bonds. The van der Waals surface area contributed by atoms with Gasteiger partial charge in [0.25, 0.3) is 0 Å². The highest BCUT2D eigenvalue weighted by molar-refractivity contribution is 7.99. The van der Waals surface area contributed by atoms with Crippen LogP contribution in [0.5, 0.6) is 0 Å². The van der Waals surface area contributed by atoms with Crippen LogP contribution in [0.15, 0.2) is 53.0 Å². The molecule has 0 saturated carbocycles. The number of nitrogens with one attached hydrogen (secondary N) is 1. The molecule has 0 aliphatic heterocycles. The highest BCUT2D eigenvalue weighted by Gasteiger charge is 2.18. The summed E-state index contributed by atoms with van der Waals surface area (Å²) < 4.78 is 2.05. The summed E-state index contributed by atoms with van der Waals surface area (Å²) in [5.74, 6) is 1.71. The molecule has 0 spiro atoms. The van der Waals surface area contributed by atoms with Gasteiger partial charge in [0.1, 0.15) is 5.82 Å². The van der Waals surface area contributed by atoms with Crippen LogP contribution >= 0.6 is 23.1 Å². The average molecular weight is 415 g/mol. The summed E-state index contributed by atoms with van der Waals surface area (Å²) in [6, 6.07) is 14.4. The first kappa shape index (κ1) is 20.6. The standard InChI is InChI=1S/C21H26N4OS2/c1-15(2)12-18(19-10-7-11-27-19)22-20(26)14-28-21-24-23-16(3)25(21)13-17-8-5-4-6-9-17/h4-11,15,18H,12-14H2,1-3H3,(H,22,26). The van der Waals surface area contributed by atoms with Gasteiger partial charge in [-0.3, -0.25) is 4.79 Å². The van der Waals surface area contributed by atoms with Gasteiger partial charge < -0.3 is 9.88 Å². The minimum atomic E-state index is 0.0240. The molecule has 0 aliphatic rings. The summed E-state index contributed by atoms with van der Waals surface area (Å²) >= 11 is 3.12. The van der Waals surface area contributed by atoms with Crippen molar-refractivity contribution < 1.29 is 4.79 Å². The lowest BCUT2D eigenvalue weighted by molar-refractivity contribution is -0.119. The summed E-state index contributed by atoms with van der Waals surface area (Å²) in [6.45, 7) is 7.00. The van der Waals surface area contributed by atoms with Crippen LogP contribution in [-0.4, -0.2) is 26.4 Å². The zero-order valence-corrected chi connectivity index (χ0v) is 18.1. The van der Waals surface area contributed by atoms with Crippen LogP contribution in [0.4, 0.5) is 0 Å². The molecule has 1 N–H and O–H groups in total. The third-order valence-electron chi connectivity index (χ3n) is 4.35. The van der Waals surface area contributed by atoms with Crippen molar-refractivity contribution in [1.29, 1.82) is 0 Å². The van der Waals surface area contributed by atoms with E-state index in [0.29, 0.717) is 18.2 Å². The molecule has 0 fully saturated rings. The number of amides is 1. The van der Waals surface area contributed by atoms with Crippen molar-refractivity contribution in [3.05, 3.63) is 64.1 Å². The lowest BCUT2D eigenvalue weighted by Crippen LogP contribution is -2.30. The number of carbonyl (C=O) groups is 1. The third kappa shape index (κ3) is 5.69. The van der Waals surface area contributed by atoms with Gasteiger partial charge in [-0.05, 0) is 36.3 Å². The maximum absolute atomic E-state index is 12.6.